The molecular weight excluding hydrogens is 373 g/mol. The van der Waals surface area contributed by atoms with Gasteiger partial charge >= 0.3 is 0 Å². The van der Waals surface area contributed by atoms with Gasteiger partial charge in [0, 0.05) is 29.6 Å². The zero-order valence-corrected chi connectivity index (χ0v) is 16.7. The monoisotopic (exact) mass is 397 g/mol. The molecule has 6 nitrogen and oxygen atoms in total. The number of halogens is 1. The van der Waals surface area contributed by atoms with Crippen LogP contribution in [0.5, 0.6) is 5.75 Å². The molecule has 0 amide bonds. The number of ketones is 1. The minimum absolute atomic E-state index is 0.0605. The van der Waals surface area contributed by atoms with E-state index >= 15 is 0 Å². The highest BCUT2D eigenvalue weighted by atomic mass is 19.1. The quantitative estimate of drug-likeness (QED) is 0.507. The molecule has 152 valence electrons. The van der Waals surface area contributed by atoms with Gasteiger partial charge in [-0.05, 0) is 50.8 Å². The minimum atomic E-state index is -0.676. The average molecular weight is 397 g/mol. The molecule has 0 aliphatic heterocycles. The maximum Gasteiger partial charge on any atom is 0.213 e. The smallest absolute Gasteiger partial charge is 0.213 e. The zero-order valence-electron chi connectivity index (χ0n) is 16.7. The number of hydrogen-bond acceptors (Lipinski definition) is 5. The van der Waals surface area contributed by atoms with Gasteiger partial charge in [-0.3, -0.25) is 9.48 Å². The number of hydrogen-bond donors (Lipinski definition) is 1. The van der Waals surface area contributed by atoms with Crippen LogP contribution in [0, 0.1) is 11.9 Å². The van der Waals surface area contributed by atoms with E-state index in [1.165, 1.54) is 18.2 Å². The predicted octanol–water partition coefficient (Wildman–Crippen LogP) is 3.73. The van der Waals surface area contributed by atoms with Gasteiger partial charge in [-0.15, -0.1) is 0 Å². The molecule has 29 heavy (non-hydrogen) atoms. The summed E-state index contributed by atoms with van der Waals surface area (Å²) in [6.45, 7) is 3.68. The number of pyridine rings is 1. The third kappa shape index (κ3) is 3.87. The number of methoxy groups -OCH3 is 1. The molecule has 0 atom stereocenters. The highest BCUT2D eigenvalue weighted by molar-refractivity contribution is 5.96. The van der Waals surface area contributed by atoms with Crippen LogP contribution in [0.25, 0.3) is 10.9 Å². The van der Waals surface area contributed by atoms with E-state index in [0.29, 0.717) is 11.3 Å². The SMILES string of the molecule is COc1cc2nn(C3CC(C(C)(C)O)C3)cc2cc1CC(=O)c1cccc(F)n1. The third-order valence-electron chi connectivity index (χ3n) is 5.76. The van der Waals surface area contributed by atoms with E-state index in [-0.39, 0.29) is 29.9 Å². The molecule has 0 radical (unpaired) electrons. The molecule has 0 bridgehead atoms. The van der Waals surface area contributed by atoms with E-state index in [1.807, 2.05) is 36.9 Å². The highest BCUT2D eigenvalue weighted by Crippen LogP contribution is 2.44. The van der Waals surface area contributed by atoms with Crippen molar-refractivity contribution in [2.24, 2.45) is 5.92 Å². The molecule has 0 unspecified atom stereocenters. The van der Waals surface area contributed by atoms with Gasteiger partial charge in [0.15, 0.2) is 5.78 Å². The second-order valence-electron chi connectivity index (χ2n) is 8.25. The highest BCUT2D eigenvalue weighted by Gasteiger charge is 2.40. The Kier molecular flexibility index (Phi) is 4.86. The summed E-state index contributed by atoms with van der Waals surface area (Å²) in [7, 11) is 1.55. The van der Waals surface area contributed by atoms with Gasteiger partial charge in [-0.1, -0.05) is 6.07 Å². The molecule has 0 spiro atoms. The van der Waals surface area contributed by atoms with Crippen LogP contribution in [-0.4, -0.2) is 38.4 Å². The fourth-order valence-corrected chi connectivity index (χ4v) is 3.84. The van der Waals surface area contributed by atoms with E-state index in [9.17, 15) is 14.3 Å². The van der Waals surface area contributed by atoms with Gasteiger partial charge < -0.3 is 9.84 Å². The lowest BCUT2D eigenvalue weighted by molar-refractivity contribution is -0.0412. The summed E-state index contributed by atoms with van der Waals surface area (Å²) < 4.78 is 20.7. The zero-order chi connectivity index (χ0) is 20.8. The Hall–Kier alpha value is -2.80. The Morgan fingerprint density at radius 1 is 1.34 bits per heavy atom. The Balaban J connectivity index is 1.58. The number of aliphatic hydroxyl groups is 1. The van der Waals surface area contributed by atoms with Crippen LogP contribution < -0.4 is 4.74 Å². The number of fused-ring (bicyclic) bond motifs is 1. The second kappa shape index (κ2) is 7.22. The van der Waals surface area contributed by atoms with Crippen molar-refractivity contribution in [1.29, 1.82) is 0 Å². The van der Waals surface area contributed by atoms with Crippen molar-refractivity contribution in [3.8, 4) is 5.75 Å². The summed E-state index contributed by atoms with van der Waals surface area (Å²) >= 11 is 0. The van der Waals surface area contributed by atoms with Crippen molar-refractivity contribution in [3.63, 3.8) is 0 Å². The van der Waals surface area contributed by atoms with Gasteiger partial charge in [0.1, 0.15) is 11.4 Å². The van der Waals surface area contributed by atoms with Crippen LogP contribution in [0.3, 0.4) is 0 Å². The molecule has 3 aromatic rings. The molecule has 7 heteroatoms. The number of benzene rings is 1. The number of aromatic nitrogens is 3. The fraction of sp³-hybridized carbons (Fsp3) is 0.409. The summed E-state index contributed by atoms with van der Waals surface area (Å²) in [5.41, 5.74) is 0.910. The number of Topliss-reactive ketones (excluding diaryl/α,β-unsaturated/α-hetero) is 1. The van der Waals surface area contributed by atoms with Gasteiger partial charge in [0.2, 0.25) is 5.95 Å². The van der Waals surface area contributed by atoms with Crippen LogP contribution in [0.1, 0.15) is 48.8 Å². The Labute approximate surface area is 168 Å². The van der Waals surface area contributed by atoms with Gasteiger partial charge in [0.05, 0.1) is 24.3 Å². The number of rotatable bonds is 6. The number of carbonyl (C=O) groups excluding carboxylic acids is 1. The lowest BCUT2D eigenvalue weighted by Gasteiger charge is -2.42. The topological polar surface area (TPSA) is 77.2 Å². The maximum atomic E-state index is 13.3. The Morgan fingerprint density at radius 3 is 2.76 bits per heavy atom. The van der Waals surface area contributed by atoms with Gasteiger partial charge in [-0.2, -0.15) is 9.49 Å². The molecule has 1 fully saturated rings. The van der Waals surface area contributed by atoms with Gasteiger partial charge in [-0.25, -0.2) is 4.98 Å². The number of nitrogens with zero attached hydrogens (tertiary/aromatic N) is 3. The van der Waals surface area contributed by atoms with Crippen LogP contribution in [0.15, 0.2) is 36.5 Å². The minimum Gasteiger partial charge on any atom is -0.496 e. The van der Waals surface area contributed by atoms with Crippen LogP contribution >= 0.6 is 0 Å². The van der Waals surface area contributed by atoms with Crippen molar-refractivity contribution in [1.82, 2.24) is 14.8 Å². The molecule has 4 rings (SSSR count). The van der Waals surface area contributed by atoms with Crippen LogP contribution in [0.2, 0.25) is 0 Å². The summed E-state index contributed by atoms with van der Waals surface area (Å²) in [4.78, 5) is 16.2. The molecular formula is C22H24FN3O3. The number of ether oxygens (including phenoxy) is 1. The maximum absolute atomic E-state index is 13.3. The number of carbonyl (C=O) groups is 1. The molecule has 2 heterocycles. The van der Waals surface area contributed by atoms with Crippen LogP contribution in [0.4, 0.5) is 4.39 Å². The van der Waals surface area contributed by atoms with E-state index in [2.05, 4.69) is 10.1 Å². The molecule has 1 aromatic carbocycles. The fourth-order valence-electron chi connectivity index (χ4n) is 3.84. The van der Waals surface area contributed by atoms with Crippen molar-refractivity contribution in [2.75, 3.05) is 7.11 Å². The molecule has 1 aliphatic carbocycles. The molecule has 2 aromatic heterocycles. The standard InChI is InChI=1S/C22H24FN3O3/c1-22(2,28)15-9-16(10-15)26-12-14-7-13(20(29-3)11-18(14)25-26)8-19(27)17-5-4-6-21(23)24-17/h4-7,11-12,15-16,28H,8-10H2,1-3H3. The van der Waals surface area contributed by atoms with Crippen LogP contribution in [-0.2, 0) is 6.42 Å². The molecule has 1 aliphatic rings. The van der Waals surface area contributed by atoms with E-state index in [4.69, 9.17) is 4.74 Å². The average Bonchev–Trinajstić information content (AvgIpc) is 3.00. The first-order chi connectivity index (χ1) is 13.7. The van der Waals surface area contributed by atoms with Crippen molar-refractivity contribution >= 4 is 16.7 Å². The largest absolute Gasteiger partial charge is 0.496 e. The van der Waals surface area contributed by atoms with Crippen molar-refractivity contribution in [2.45, 2.75) is 44.8 Å². The Morgan fingerprint density at radius 2 is 2.10 bits per heavy atom. The van der Waals surface area contributed by atoms with Gasteiger partial charge in [0.25, 0.3) is 0 Å². The Bertz CT molecular complexity index is 1060. The summed E-state index contributed by atoms with van der Waals surface area (Å²) in [6.07, 6.45) is 3.79. The summed E-state index contributed by atoms with van der Waals surface area (Å²) in [5, 5.41) is 15.7. The van der Waals surface area contributed by atoms with E-state index in [1.54, 1.807) is 7.11 Å². The molecule has 1 saturated carbocycles. The van der Waals surface area contributed by atoms with E-state index < -0.39 is 11.5 Å². The molecule has 0 saturated heterocycles. The normalized spacial score (nSPS) is 19.2. The first kappa shape index (κ1) is 19.5. The lowest BCUT2D eigenvalue weighted by atomic mass is 9.71. The lowest BCUT2D eigenvalue weighted by Crippen LogP contribution is -2.41. The van der Waals surface area contributed by atoms with E-state index in [0.717, 1.165) is 23.7 Å². The van der Waals surface area contributed by atoms with Crippen molar-refractivity contribution < 1.29 is 19.0 Å². The predicted molar refractivity (Wildman–Crippen MR) is 107 cm³/mol. The van der Waals surface area contributed by atoms with Crippen molar-refractivity contribution in [3.05, 3.63) is 53.7 Å². The summed E-state index contributed by atoms with van der Waals surface area (Å²) in [6, 6.07) is 8.15. The third-order valence-corrected chi connectivity index (χ3v) is 5.76. The second-order valence-corrected chi connectivity index (χ2v) is 8.25. The summed E-state index contributed by atoms with van der Waals surface area (Å²) in [5.74, 6) is -0.122. The first-order valence-electron chi connectivity index (χ1n) is 9.68. The molecule has 1 N–H and O–H groups in total. The first-order valence-corrected chi connectivity index (χ1v) is 9.68.